The number of ether oxygens (including phenoxy) is 2. The zero-order valence-electron chi connectivity index (χ0n) is 21.2. The second-order valence-corrected chi connectivity index (χ2v) is 9.06. The molecule has 5 aromatic rings. The van der Waals surface area contributed by atoms with Crippen molar-refractivity contribution in [2.45, 2.75) is 11.5 Å². The van der Waals surface area contributed by atoms with Gasteiger partial charge in [0.05, 0.1) is 20.3 Å². The van der Waals surface area contributed by atoms with Gasteiger partial charge in [-0.1, -0.05) is 78.9 Å². The molecule has 0 aliphatic carbocycles. The number of fused-ring (bicyclic) bond motifs is 1. The highest BCUT2D eigenvalue weighted by Gasteiger charge is 2.52. The molecule has 0 bridgehead atoms. The number of carbonyl (C=O) groups is 1. The highest BCUT2D eigenvalue weighted by molar-refractivity contribution is 5.97. The van der Waals surface area contributed by atoms with Gasteiger partial charge in [0.15, 0.2) is 0 Å². The summed E-state index contributed by atoms with van der Waals surface area (Å²) in [5.41, 5.74) is 3.23. The molecular weight excluding hydrogens is 460 g/mol. The van der Waals surface area contributed by atoms with Crippen molar-refractivity contribution in [3.8, 4) is 5.75 Å². The molecule has 1 N–H and O–H groups in total. The van der Waals surface area contributed by atoms with Crippen LogP contribution in [0.3, 0.4) is 0 Å². The average Bonchev–Trinajstić information content (AvgIpc) is 3.30. The predicted molar refractivity (Wildman–Crippen MR) is 148 cm³/mol. The normalized spacial score (nSPS) is 13.5. The molecule has 5 nitrogen and oxygen atoms in total. The molecule has 0 saturated heterocycles. The van der Waals surface area contributed by atoms with Gasteiger partial charge < -0.3 is 19.4 Å². The standard InChI is InChI=1S/C32H30N2O3/c1-34-22-28(27-19-10-11-20-29(27)34)32(31(35)37-3,24-15-12-18-26(21-24)36-2)30(23-13-6-4-7-14-23)33-25-16-8-5-9-17-25/h4-22,30,33H,1-3H3. The molecule has 1 heterocycles. The van der Waals surface area contributed by atoms with E-state index < -0.39 is 11.5 Å². The van der Waals surface area contributed by atoms with Crippen LogP contribution in [-0.2, 0) is 22.0 Å². The monoisotopic (exact) mass is 490 g/mol. The van der Waals surface area contributed by atoms with Crippen molar-refractivity contribution in [3.63, 3.8) is 0 Å². The van der Waals surface area contributed by atoms with Gasteiger partial charge in [-0.15, -0.1) is 0 Å². The van der Waals surface area contributed by atoms with Crippen molar-refractivity contribution in [2.24, 2.45) is 7.05 Å². The van der Waals surface area contributed by atoms with Crippen molar-refractivity contribution < 1.29 is 14.3 Å². The molecule has 5 rings (SSSR count). The van der Waals surface area contributed by atoms with E-state index in [2.05, 4.69) is 22.0 Å². The lowest BCUT2D eigenvalue weighted by molar-refractivity contribution is -0.146. The number of nitrogens with zero attached hydrogens (tertiary/aromatic N) is 1. The molecule has 37 heavy (non-hydrogen) atoms. The van der Waals surface area contributed by atoms with Crippen LogP contribution < -0.4 is 10.1 Å². The molecule has 4 aromatic carbocycles. The van der Waals surface area contributed by atoms with Crippen LogP contribution in [0.1, 0.15) is 22.7 Å². The number of para-hydroxylation sites is 2. The summed E-state index contributed by atoms with van der Waals surface area (Å²) in [5.74, 6) is 0.298. The molecule has 2 unspecified atom stereocenters. The lowest BCUT2D eigenvalue weighted by Gasteiger charge is -2.40. The van der Waals surface area contributed by atoms with Crippen molar-refractivity contribution in [1.82, 2.24) is 4.57 Å². The van der Waals surface area contributed by atoms with Gasteiger partial charge in [-0.25, -0.2) is 0 Å². The second-order valence-electron chi connectivity index (χ2n) is 9.06. The Morgan fingerprint density at radius 2 is 1.51 bits per heavy atom. The quantitative estimate of drug-likeness (QED) is 0.252. The molecule has 0 fully saturated rings. The van der Waals surface area contributed by atoms with E-state index in [0.717, 1.165) is 33.3 Å². The fraction of sp³-hybridized carbons (Fsp3) is 0.156. The van der Waals surface area contributed by atoms with Crippen molar-refractivity contribution in [3.05, 3.63) is 132 Å². The highest BCUT2D eigenvalue weighted by Crippen LogP contribution is 2.49. The van der Waals surface area contributed by atoms with Crippen molar-refractivity contribution in [2.75, 3.05) is 19.5 Å². The summed E-state index contributed by atoms with van der Waals surface area (Å²) in [6.07, 6.45) is 2.05. The van der Waals surface area contributed by atoms with E-state index in [9.17, 15) is 4.79 Å². The molecule has 186 valence electrons. The third-order valence-corrected chi connectivity index (χ3v) is 7.00. The summed E-state index contributed by atoms with van der Waals surface area (Å²) < 4.78 is 13.3. The van der Waals surface area contributed by atoms with E-state index in [0.29, 0.717) is 5.75 Å². The minimum atomic E-state index is -1.26. The van der Waals surface area contributed by atoms with Gasteiger partial charge in [0.1, 0.15) is 11.2 Å². The van der Waals surface area contributed by atoms with E-state index in [1.165, 1.54) is 7.11 Å². The Hall–Kier alpha value is -4.51. The van der Waals surface area contributed by atoms with E-state index in [1.807, 2.05) is 110 Å². The Kier molecular flexibility index (Phi) is 6.69. The van der Waals surface area contributed by atoms with Crippen LogP contribution in [0.2, 0.25) is 0 Å². The summed E-state index contributed by atoms with van der Waals surface area (Å²) in [7, 11) is 5.09. The molecule has 0 aliphatic heterocycles. The SMILES string of the molecule is COC(=O)C(c1cccc(OC)c1)(c1cn(C)c2ccccc12)C(Nc1ccccc1)c1ccccc1. The van der Waals surface area contributed by atoms with Gasteiger partial charge in [-0.2, -0.15) is 0 Å². The van der Waals surface area contributed by atoms with Crippen LogP contribution in [0.25, 0.3) is 10.9 Å². The third-order valence-electron chi connectivity index (χ3n) is 7.00. The van der Waals surface area contributed by atoms with Gasteiger partial charge in [-0.3, -0.25) is 4.79 Å². The number of nitrogens with one attached hydrogen (secondary N) is 1. The fourth-order valence-electron chi connectivity index (χ4n) is 5.30. The Balaban J connectivity index is 1.92. The largest absolute Gasteiger partial charge is 0.497 e. The number of aryl methyl sites for hydroxylation is 1. The smallest absolute Gasteiger partial charge is 0.323 e. The molecule has 0 spiro atoms. The molecule has 1 aromatic heterocycles. The van der Waals surface area contributed by atoms with Crippen molar-refractivity contribution in [1.29, 1.82) is 0 Å². The predicted octanol–water partition coefficient (Wildman–Crippen LogP) is 6.50. The molecule has 0 aliphatic rings. The van der Waals surface area contributed by atoms with E-state index in [4.69, 9.17) is 9.47 Å². The third kappa shape index (κ3) is 4.23. The van der Waals surface area contributed by atoms with Crippen LogP contribution in [0, 0.1) is 0 Å². The van der Waals surface area contributed by atoms with Crippen LogP contribution >= 0.6 is 0 Å². The zero-order chi connectivity index (χ0) is 25.8. The van der Waals surface area contributed by atoms with E-state index in [-0.39, 0.29) is 5.97 Å². The molecule has 0 radical (unpaired) electrons. The number of rotatable bonds is 8. The van der Waals surface area contributed by atoms with Crippen LogP contribution in [0.5, 0.6) is 5.75 Å². The average molecular weight is 491 g/mol. The first-order valence-electron chi connectivity index (χ1n) is 12.2. The van der Waals surface area contributed by atoms with Crippen molar-refractivity contribution >= 4 is 22.6 Å². The molecular formula is C32H30N2O3. The maximum atomic E-state index is 14.4. The molecule has 5 heteroatoms. The second kappa shape index (κ2) is 10.2. The summed E-state index contributed by atoms with van der Waals surface area (Å²) in [6, 6.07) is 35.3. The Labute approximate surface area is 217 Å². The van der Waals surface area contributed by atoms with Gasteiger partial charge in [-0.05, 0) is 41.5 Å². The zero-order valence-corrected chi connectivity index (χ0v) is 21.2. The lowest BCUT2D eigenvalue weighted by atomic mass is 9.66. The Bertz CT molecular complexity index is 1510. The number of anilines is 1. The first-order valence-corrected chi connectivity index (χ1v) is 12.2. The summed E-state index contributed by atoms with van der Waals surface area (Å²) >= 11 is 0. The minimum absolute atomic E-state index is 0.366. The minimum Gasteiger partial charge on any atom is -0.497 e. The number of benzene rings is 4. The molecule has 0 amide bonds. The maximum Gasteiger partial charge on any atom is 0.323 e. The fourth-order valence-corrected chi connectivity index (χ4v) is 5.30. The van der Waals surface area contributed by atoms with Crippen LogP contribution in [0.15, 0.2) is 115 Å². The Morgan fingerprint density at radius 1 is 0.838 bits per heavy atom. The molecule has 2 atom stereocenters. The van der Waals surface area contributed by atoms with Gasteiger partial charge in [0, 0.05) is 35.4 Å². The van der Waals surface area contributed by atoms with E-state index >= 15 is 0 Å². The summed E-state index contributed by atoms with van der Waals surface area (Å²) in [4.78, 5) is 14.4. The number of hydrogen-bond acceptors (Lipinski definition) is 4. The number of esters is 1. The molecule has 0 saturated carbocycles. The van der Waals surface area contributed by atoms with Gasteiger partial charge in [0.25, 0.3) is 0 Å². The van der Waals surface area contributed by atoms with Crippen LogP contribution in [0.4, 0.5) is 5.69 Å². The Morgan fingerprint density at radius 3 is 2.22 bits per heavy atom. The van der Waals surface area contributed by atoms with Crippen LogP contribution in [-0.4, -0.2) is 24.8 Å². The number of aromatic nitrogens is 1. The number of carbonyl (C=O) groups excluding carboxylic acids is 1. The summed E-state index contributed by atoms with van der Waals surface area (Å²) in [6.45, 7) is 0. The lowest BCUT2D eigenvalue weighted by Crippen LogP contribution is -2.47. The number of methoxy groups -OCH3 is 2. The van der Waals surface area contributed by atoms with E-state index in [1.54, 1.807) is 7.11 Å². The van der Waals surface area contributed by atoms with Gasteiger partial charge >= 0.3 is 5.97 Å². The number of hydrogen-bond donors (Lipinski definition) is 1. The first kappa shape index (κ1) is 24.2. The maximum absolute atomic E-state index is 14.4. The highest BCUT2D eigenvalue weighted by atomic mass is 16.5. The first-order chi connectivity index (χ1) is 18.1. The van der Waals surface area contributed by atoms with Gasteiger partial charge in [0.2, 0.25) is 0 Å². The topological polar surface area (TPSA) is 52.5 Å². The summed E-state index contributed by atoms with van der Waals surface area (Å²) in [5, 5.41) is 4.69.